The Labute approximate surface area is 124 Å². The van der Waals surface area contributed by atoms with Crippen molar-refractivity contribution < 1.29 is 0 Å². The number of nitrogens with zero attached hydrogens (tertiary/aromatic N) is 3. The predicted octanol–water partition coefficient (Wildman–Crippen LogP) is 3.15. The van der Waals surface area contributed by atoms with E-state index in [0.717, 1.165) is 24.3 Å². The third-order valence-electron chi connectivity index (χ3n) is 3.70. The molecule has 0 fully saturated rings. The summed E-state index contributed by atoms with van der Waals surface area (Å²) in [6.45, 7) is 5.96. The van der Waals surface area contributed by atoms with E-state index in [4.69, 9.17) is 0 Å². The van der Waals surface area contributed by atoms with Gasteiger partial charge in [-0.1, -0.05) is 31.2 Å². The summed E-state index contributed by atoms with van der Waals surface area (Å²) in [5, 5.41) is 10.3. The number of hydrogen-bond donors (Lipinski definition) is 1. The third kappa shape index (κ3) is 2.67. The molecule has 4 nitrogen and oxygen atoms in total. The van der Waals surface area contributed by atoms with Gasteiger partial charge in [0.25, 0.3) is 0 Å². The monoisotopic (exact) mass is 280 g/mol. The Morgan fingerprint density at radius 1 is 1.19 bits per heavy atom. The van der Waals surface area contributed by atoms with Gasteiger partial charge in [0.2, 0.25) is 0 Å². The van der Waals surface area contributed by atoms with Crippen LogP contribution in [0.2, 0.25) is 0 Å². The Morgan fingerprint density at radius 3 is 2.81 bits per heavy atom. The molecule has 1 aromatic carbocycles. The van der Waals surface area contributed by atoms with Crippen LogP contribution in [0.1, 0.15) is 31.1 Å². The largest absolute Gasteiger partial charge is 0.305 e. The molecule has 1 unspecified atom stereocenters. The number of aryl methyl sites for hydroxylation is 1. The fraction of sp³-hybridized carbons (Fsp3) is 0.294. The smallest absolute Gasteiger partial charge is 0.0788 e. The molecular weight excluding hydrogens is 260 g/mol. The van der Waals surface area contributed by atoms with E-state index in [9.17, 15) is 0 Å². The van der Waals surface area contributed by atoms with Crippen molar-refractivity contribution in [2.24, 2.45) is 0 Å². The molecule has 0 aliphatic heterocycles. The van der Waals surface area contributed by atoms with Crippen molar-refractivity contribution in [3.8, 4) is 0 Å². The zero-order chi connectivity index (χ0) is 14.7. The van der Waals surface area contributed by atoms with Crippen LogP contribution in [0.3, 0.4) is 0 Å². The van der Waals surface area contributed by atoms with Crippen LogP contribution >= 0.6 is 0 Å². The van der Waals surface area contributed by atoms with Crippen molar-refractivity contribution in [2.45, 2.75) is 26.4 Å². The molecule has 3 rings (SSSR count). The molecule has 21 heavy (non-hydrogen) atoms. The van der Waals surface area contributed by atoms with E-state index in [1.165, 1.54) is 10.8 Å². The lowest BCUT2D eigenvalue weighted by molar-refractivity contribution is 0.616. The SMILES string of the molecule is CCNC(c1cnn(CC)c1)c1nccc2ccccc12. The second kappa shape index (κ2) is 6.06. The van der Waals surface area contributed by atoms with E-state index in [-0.39, 0.29) is 6.04 Å². The molecule has 3 aromatic rings. The van der Waals surface area contributed by atoms with Crippen LogP contribution in [0, 0.1) is 0 Å². The first-order valence-electron chi connectivity index (χ1n) is 7.42. The molecular formula is C17H20N4. The molecule has 0 amide bonds. The maximum atomic E-state index is 4.64. The summed E-state index contributed by atoms with van der Waals surface area (Å²) < 4.78 is 1.95. The van der Waals surface area contributed by atoms with E-state index < -0.39 is 0 Å². The quantitative estimate of drug-likeness (QED) is 0.780. The number of nitrogens with one attached hydrogen (secondary N) is 1. The van der Waals surface area contributed by atoms with E-state index in [2.05, 4.69) is 65.8 Å². The standard InChI is InChI=1S/C17H20N4/c1-3-18-16(14-11-20-21(4-2)12-14)17-15-8-6-5-7-13(15)9-10-19-17/h5-12,16,18H,3-4H2,1-2H3. The van der Waals surface area contributed by atoms with Crippen LogP contribution in [-0.2, 0) is 6.54 Å². The summed E-state index contributed by atoms with van der Waals surface area (Å²) in [7, 11) is 0. The zero-order valence-electron chi connectivity index (χ0n) is 12.5. The number of benzene rings is 1. The number of rotatable bonds is 5. The van der Waals surface area contributed by atoms with E-state index in [1.807, 2.05) is 17.1 Å². The highest BCUT2D eigenvalue weighted by Gasteiger charge is 2.18. The summed E-state index contributed by atoms with van der Waals surface area (Å²) in [4.78, 5) is 4.64. The normalized spacial score (nSPS) is 12.7. The highest BCUT2D eigenvalue weighted by Crippen LogP contribution is 2.26. The molecule has 2 aromatic heterocycles. The summed E-state index contributed by atoms with van der Waals surface area (Å²) in [5.74, 6) is 0. The van der Waals surface area contributed by atoms with Gasteiger partial charge in [0.05, 0.1) is 17.9 Å². The number of pyridine rings is 1. The zero-order valence-corrected chi connectivity index (χ0v) is 12.5. The topological polar surface area (TPSA) is 42.7 Å². The van der Waals surface area contributed by atoms with Gasteiger partial charge in [-0.25, -0.2) is 0 Å². The fourth-order valence-corrected chi connectivity index (χ4v) is 2.65. The molecule has 0 saturated heterocycles. The minimum absolute atomic E-state index is 0.0707. The Morgan fingerprint density at radius 2 is 2.05 bits per heavy atom. The van der Waals surface area contributed by atoms with Gasteiger partial charge in [0.1, 0.15) is 0 Å². The Bertz CT molecular complexity index is 727. The molecule has 2 heterocycles. The molecule has 0 bridgehead atoms. The Kier molecular flexibility index (Phi) is 3.97. The Balaban J connectivity index is 2.11. The van der Waals surface area contributed by atoms with Gasteiger partial charge in [-0.05, 0) is 24.9 Å². The molecule has 108 valence electrons. The lowest BCUT2D eigenvalue weighted by Gasteiger charge is -2.17. The highest BCUT2D eigenvalue weighted by molar-refractivity contribution is 5.85. The van der Waals surface area contributed by atoms with Crippen LogP contribution < -0.4 is 5.32 Å². The van der Waals surface area contributed by atoms with Crippen molar-refractivity contribution in [1.29, 1.82) is 0 Å². The fourth-order valence-electron chi connectivity index (χ4n) is 2.65. The van der Waals surface area contributed by atoms with Crippen LogP contribution in [0.25, 0.3) is 10.8 Å². The van der Waals surface area contributed by atoms with Crippen LogP contribution in [0.4, 0.5) is 0 Å². The summed E-state index contributed by atoms with van der Waals surface area (Å²) in [5.41, 5.74) is 2.22. The van der Waals surface area contributed by atoms with E-state index in [0.29, 0.717) is 0 Å². The molecule has 0 radical (unpaired) electrons. The molecule has 0 aliphatic carbocycles. The van der Waals surface area contributed by atoms with Crippen molar-refractivity contribution in [1.82, 2.24) is 20.1 Å². The van der Waals surface area contributed by atoms with Crippen molar-refractivity contribution in [3.05, 3.63) is 60.2 Å². The van der Waals surface area contributed by atoms with Gasteiger partial charge in [-0.3, -0.25) is 9.67 Å². The second-order valence-corrected chi connectivity index (χ2v) is 5.04. The van der Waals surface area contributed by atoms with E-state index >= 15 is 0 Å². The summed E-state index contributed by atoms with van der Waals surface area (Å²) in [6, 6.07) is 10.5. The van der Waals surface area contributed by atoms with E-state index in [1.54, 1.807) is 0 Å². The predicted molar refractivity (Wildman–Crippen MR) is 85.2 cm³/mol. The first kappa shape index (κ1) is 13.8. The van der Waals surface area contributed by atoms with Crippen LogP contribution in [0.5, 0.6) is 0 Å². The minimum atomic E-state index is 0.0707. The molecule has 4 heteroatoms. The lowest BCUT2D eigenvalue weighted by atomic mass is 10.0. The van der Waals surface area contributed by atoms with Crippen molar-refractivity contribution in [2.75, 3.05) is 6.54 Å². The van der Waals surface area contributed by atoms with Crippen LogP contribution in [0.15, 0.2) is 48.9 Å². The number of fused-ring (bicyclic) bond motifs is 1. The van der Waals surface area contributed by atoms with Crippen LogP contribution in [-0.4, -0.2) is 21.3 Å². The second-order valence-electron chi connectivity index (χ2n) is 5.04. The molecule has 1 N–H and O–H groups in total. The highest BCUT2D eigenvalue weighted by atomic mass is 15.3. The minimum Gasteiger partial charge on any atom is -0.305 e. The third-order valence-corrected chi connectivity index (χ3v) is 3.70. The summed E-state index contributed by atoms with van der Waals surface area (Å²) >= 11 is 0. The average molecular weight is 280 g/mol. The molecule has 0 spiro atoms. The van der Waals surface area contributed by atoms with Crippen molar-refractivity contribution in [3.63, 3.8) is 0 Å². The maximum absolute atomic E-state index is 4.64. The van der Waals surface area contributed by atoms with Gasteiger partial charge in [-0.2, -0.15) is 5.10 Å². The molecule has 0 aliphatic rings. The van der Waals surface area contributed by atoms with Gasteiger partial charge in [-0.15, -0.1) is 0 Å². The van der Waals surface area contributed by atoms with Gasteiger partial charge < -0.3 is 5.32 Å². The molecule has 0 saturated carbocycles. The summed E-state index contributed by atoms with van der Waals surface area (Å²) in [6.07, 6.45) is 5.91. The number of aromatic nitrogens is 3. The average Bonchev–Trinajstić information content (AvgIpc) is 3.01. The first-order valence-corrected chi connectivity index (χ1v) is 7.42. The molecule has 1 atom stereocenters. The maximum Gasteiger partial charge on any atom is 0.0788 e. The van der Waals surface area contributed by atoms with Crippen molar-refractivity contribution >= 4 is 10.8 Å². The van der Waals surface area contributed by atoms with Gasteiger partial charge >= 0.3 is 0 Å². The number of hydrogen-bond acceptors (Lipinski definition) is 3. The van der Waals surface area contributed by atoms with Gasteiger partial charge in [0.15, 0.2) is 0 Å². The lowest BCUT2D eigenvalue weighted by Crippen LogP contribution is -2.22. The first-order chi connectivity index (χ1) is 10.3. The Hall–Kier alpha value is -2.20. The van der Waals surface area contributed by atoms with Gasteiger partial charge in [0, 0.05) is 29.9 Å².